The summed E-state index contributed by atoms with van der Waals surface area (Å²) in [5, 5.41) is 5.79. The molecule has 3 aromatic rings. The molecule has 0 aliphatic heterocycles. The van der Waals surface area contributed by atoms with Gasteiger partial charge in [0, 0.05) is 16.0 Å². The normalized spacial score (nSPS) is 10.5. The topological polar surface area (TPSA) is 77.5 Å². The van der Waals surface area contributed by atoms with Crippen molar-refractivity contribution >= 4 is 40.7 Å². The highest BCUT2D eigenvalue weighted by Gasteiger charge is 2.12. The lowest BCUT2D eigenvalue weighted by atomic mass is 10.2. The van der Waals surface area contributed by atoms with Crippen LogP contribution in [0, 0.1) is 6.92 Å². The Balaban J connectivity index is 1.48. The lowest BCUT2D eigenvalue weighted by Crippen LogP contribution is -2.21. The summed E-state index contributed by atoms with van der Waals surface area (Å²) in [5.41, 5.74) is 1.98. The Labute approximate surface area is 183 Å². The molecule has 0 bridgehead atoms. The lowest BCUT2D eigenvalue weighted by molar-refractivity contribution is -0.119. The number of esters is 1. The lowest BCUT2D eigenvalue weighted by Gasteiger charge is -2.11. The molecule has 1 aromatic heterocycles. The number of nitrogens with zero attached hydrogens (tertiary/aromatic N) is 1. The number of hydrogen-bond acceptors (Lipinski definition) is 7. The standard InChI is InChI=1S/C22H22N2O4S2/c1-3-27-20-7-5-4-6-19(20)24-21(25)12-28-22(26)16-8-10-18(11-9-16)30-14-17-13-29-15(2)23-17/h4-11,13H,3,12,14H2,1-2H3,(H,24,25). The highest BCUT2D eigenvalue weighted by Crippen LogP contribution is 2.25. The van der Waals surface area contributed by atoms with Gasteiger partial charge in [-0.05, 0) is 50.2 Å². The number of rotatable bonds is 9. The van der Waals surface area contributed by atoms with Crippen LogP contribution in [-0.2, 0) is 15.3 Å². The van der Waals surface area contributed by atoms with E-state index in [1.54, 1.807) is 53.4 Å². The van der Waals surface area contributed by atoms with Gasteiger partial charge in [-0.1, -0.05) is 12.1 Å². The first-order chi connectivity index (χ1) is 14.5. The Morgan fingerprint density at radius 1 is 1.13 bits per heavy atom. The Morgan fingerprint density at radius 2 is 1.90 bits per heavy atom. The third-order valence-electron chi connectivity index (χ3n) is 3.94. The third kappa shape index (κ3) is 6.33. The monoisotopic (exact) mass is 442 g/mol. The Kier molecular flexibility index (Phi) is 7.87. The molecular formula is C22H22N2O4S2. The number of aryl methyl sites for hydroxylation is 1. The van der Waals surface area contributed by atoms with Gasteiger partial charge in [0.2, 0.25) is 0 Å². The quantitative estimate of drug-likeness (QED) is 0.374. The molecule has 0 fully saturated rings. The van der Waals surface area contributed by atoms with Gasteiger partial charge < -0.3 is 14.8 Å². The van der Waals surface area contributed by atoms with Gasteiger partial charge in [0.1, 0.15) is 5.75 Å². The first-order valence-corrected chi connectivity index (χ1v) is 11.2. The van der Waals surface area contributed by atoms with Crippen molar-refractivity contribution in [2.75, 3.05) is 18.5 Å². The Bertz CT molecular complexity index is 1000. The number of thiazole rings is 1. The largest absolute Gasteiger partial charge is 0.492 e. The molecule has 0 aliphatic carbocycles. The van der Waals surface area contributed by atoms with Crippen molar-refractivity contribution in [1.29, 1.82) is 0 Å². The van der Waals surface area contributed by atoms with E-state index in [9.17, 15) is 9.59 Å². The molecule has 6 nitrogen and oxygen atoms in total. The number of carbonyl (C=O) groups excluding carboxylic acids is 2. The second-order valence-corrected chi connectivity index (χ2v) is 8.34. The van der Waals surface area contributed by atoms with E-state index in [-0.39, 0.29) is 6.61 Å². The number of anilines is 1. The number of aromatic nitrogens is 1. The van der Waals surface area contributed by atoms with Crippen LogP contribution in [0.4, 0.5) is 5.69 Å². The van der Waals surface area contributed by atoms with Crippen molar-refractivity contribution in [3.05, 3.63) is 70.2 Å². The molecule has 0 saturated heterocycles. The van der Waals surface area contributed by atoms with E-state index in [0.29, 0.717) is 23.6 Å². The van der Waals surface area contributed by atoms with E-state index in [4.69, 9.17) is 9.47 Å². The highest BCUT2D eigenvalue weighted by molar-refractivity contribution is 7.98. The molecule has 8 heteroatoms. The second kappa shape index (κ2) is 10.8. The predicted molar refractivity (Wildman–Crippen MR) is 119 cm³/mol. The van der Waals surface area contributed by atoms with Gasteiger partial charge in [-0.2, -0.15) is 0 Å². The fraction of sp³-hybridized carbons (Fsp3) is 0.227. The van der Waals surface area contributed by atoms with Crippen LogP contribution >= 0.6 is 23.1 Å². The van der Waals surface area contributed by atoms with E-state index in [1.165, 1.54) is 0 Å². The van der Waals surface area contributed by atoms with Gasteiger partial charge >= 0.3 is 5.97 Å². The molecular weight excluding hydrogens is 420 g/mol. The molecule has 0 unspecified atom stereocenters. The van der Waals surface area contributed by atoms with Crippen molar-refractivity contribution in [3.8, 4) is 5.75 Å². The minimum atomic E-state index is -0.546. The SMILES string of the molecule is CCOc1ccccc1NC(=O)COC(=O)c1ccc(SCc2csc(C)n2)cc1. The molecule has 2 aromatic carbocycles. The van der Waals surface area contributed by atoms with E-state index in [2.05, 4.69) is 10.3 Å². The molecule has 0 spiro atoms. The number of para-hydroxylation sites is 2. The first kappa shape index (κ1) is 21.9. The summed E-state index contributed by atoms with van der Waals surface area (Å²) in [7, 11) is 0. The van der Waals surface area contributed by atoms with Crippen molar-refractivity contribution in [2.45, 2.75) is 24.5 Å². The maximum Gasteiger partial charge on any atom is 0.338 e. The average molecular weight is 443 g/mol. The highest BCUT2D eigenvalue weighted by atomic mass is 32.2. The van der Waals surface area contributed by atoms with Crippen LogP contribution in [-0.4, -0.2) is 30.1 Å². The molecule has 0 saturated carbocycles. The van der Waals surface area contributed by atoms with Crippen LogP contribution < -0.4 is 10.1 Å². The summed E-state index contributed by atoms with van der Waals surface area (Å²) in [4.78, 5) is 29.8. The van der Waals surface area contributed by atoms with Crippen LogP contribution in [0.25, 0.3) is 0 Å². The van der Waals surface area contributed by atoms with Gasteiger partial charge in [-0.25, -0.2) is 9.78 Å². The van der Waals surface area contributed by atoms with Gasteiger partial charge in [0.05, 0.1) is 28.6 Å². The summed E-state index contributed by atoms with van der Waals surface area (Å²) in [6.07, 6.45) is 0. The second-order valence-electron chi connectivity index (χ2n) is 6.22. The molecule has 1 heterocycles. The molecule has 0 radical (unpaired) electrons. The summed E-state index contributed by atoms with van der Waals surface area (Å²) in [6.45, 7) is 3.96. The van der Waals surface area contributed by atoms with Crippen LogP contribution in [0.1, 0.15) is 28.0 Å². The Morgan fingerprint density at radius 3 is 2.60 bits per heavy atom. The first-order valence-electron chi connectivity index (χ1n) is 9.38. The number of ether oxygens (including phenoxy) is 2. The molecule has 1 amide bonds. The van der Waals surface area contributed by atoms with Crippen molar-refractivity contribution in [3.63, 3.8) is 0 Å². The average Bonchev–Trinajstić information content (AvgIpc) is 3.17. The summed E-state index contributed by atoms with van der Waals surface area (Å²) < 4.78 is 10.6. The molecule has 0 aliphatic rings. The zero-order chi connectivity index (χ0) is 21.3. The summed E-state index contributed by atoms with van der Waals surface area (Å²) in [6, 6.07) is 14.2. The summed E-state index contributed by atoms with van der Waals surface area (Å²) in [5.74, 6) is 0.370. The van der Waals surface area contributed by atoms with E-state index in [0.717, 1.165) is 21.3 Å². The number of benzene rings is 2. The molecule has 1 N–H and O–H groups in total. The van der Waals surface area contributed by atoms with Gasteiger partial charge in [-0.3, -0.25) is 4.79 Å². The molecule has 0 atom stereocenters. The van der Waals surface area contributed by atoms with Crippen molar-refractivity contribution < 1.29 is 19.1 Å². The van der Waals surface area contributed by atoms with Crippen LogP contribution in [0.5, 0.6) is 5.75 Å². The summed E-state index contributed by atoms with van der Waals surface area (Å²) >= 11 is 3.28. The van der Waals surface area contributed by atoms with E-state index < -0.39 is 11.9 Å². The maximum absolute atomic E-state index is 12.2. The molecule has 156 valence electrons. The zero-order valence-corrected chi connectivity index (χ0v) is 18.3. The van der Waals surface area contributed by atoms with Crippen molar-refractivity contribution in [2.24, 2.45) is 0 Å². The van der Waals surface area contributed by atoms with Gasteiger partial charge in [0.25, 0.3) is 5.91 Å². The predicted octanol–water partition coefficient (Wildman–Crippen LogP) is 4.94. The number of thioether (sulfide) groups is 1. The molecule has 30 heavy (non-hydrogen) atoms. The van der Waals surface area contributed by atoms with Gasteiger partial charge in [0.15, 0.2) is 6.61 Å². The number of carbonyl (C=O) groups is 2. The smallest absolute Gasteiger partial charge is 0.338 e. The third-order valence-corrected chi connectivity index (χ3v) is 5.81. The molecule has 3 rings (SSSR count). The fourth-order valence-electron chi connectivity index (χ4n) is 2.57. The van der Waals surface area contributed by atoms with Crippen molar-refractivity contribution in [1.82, 2.24) is 4.98 Å². The van der Waals surface area contributed by atoms with E-state index in [1.807, 2.05) is 37.4 Å². The maximum atomic E-state index is 12.2. The minimum Gasteiger partial charge on any atom is -0.492 e. The minimum absolute atomic E-state index is 0.376. The zero-order valence-electron chi connectivity index (χ0n) is 16.7. The van der Waals surface area contributed by atoms with Crippen LogP contribution in [0.3, 0.4) is 0 Å². The fourth-order valence-corrected chi connectivity index (χ4v) is 4.08. The number of hydrogen-bond donors (Lipinski definition) is 1. The number of amides is 1. The number of nitrogens with one attached hydrogen (secondary N) is 1. The van der Waals surface area contributed by atoms with E-state index >= 15 is 0 Å². The Hall–Kier alpha value is -2.84. The van der Waals surface area contributed by atoms with Gasteiger partial charge in [-0.15, -0.1) is 23.1 Å². The van der Waals surface area contributed by atoms with Crippen LogP contribution in [0.2, 0.25) is 0 Å². The van der Waals surface area contributed by atoms with Crippen LogP contribution in [0.15, 0.2) is 58.8 Å².